The van der Waals surface area contributed by atoms with Crippen LogP contribution in [0.4, 0.5) is 8.78 Å². The second-order valence-electron chi connectivity index (χ2n) is 6.32. The molecule has 1 N–H and O–H groups in total. The predicted octanol–water partition coefficient (Wildman–Crippen LogP) is 3.57. The van der Waals surface area contributed by atoms with Crippen LogP contribution in [-0.2, 0) is 4.79 Å². The van der Waals surface area contributed by atoms with Crippen LogP contribution in [0.1, 0.15) is 57.1 Å². The van der Waals surface area contributed by atoms with Gasteiger partial charge >= 0.3 is 0 Å². The number of rotatable bonds is 4. The summed E-state index contributed by atoms with van der Waals surface area (Å²) in [5.41, 5.74) is -0.387. The average Bonchev–Trinajstić information content (AvgIpc) is 2.48. The Hall–Kier alpha value is -1.49. The minimum Gasteiger partial charge on any atom is -0.389 e. The summed E-state index contributed by atoms with van der Waals surface area (Å²) < 4.78 is 26.3. The van der Waals surface area contributed by atoms with Crippen molar-refractivity contribution in [2.24, 2.45) is 0 Å². The summed E-state index contributed by atoms with van der Waals surface area (Å²) >= 11 is 0. The molecule has 2 rings (SSSR count). The predicted molar refractivity (Wildman–Crippen MR) is 80.2 cm³/mol. The molecule has 0 saturated heterocycles. The fourth-order valence-electron chi connectivity index (χ4n) is 3.00. The van der Waals surface area contributed by atoms with Gasteiger partial charge < -0.3 is 10.0 Å². The summed E-state index contributed by atoms with van der Waals surface area (Å²) in [6.07, 6.45) is 4.34. The maximum atomic E-state index is 13.3. The fourth-order valence-corrected chi connectivity index (χ4v) is 3.00. The Kier molecular flexibility index (Phi) is 5.16. The average molecular weight is 311 g/mol. The van der Waals surface area contributed by atoms with Gasteiger partial charge in [-0.3, -0.25) is 4.79 Å². The molecule has 1 aromatic carbocycles. The van der Waals surface area contributed by atoms with Crippen molar-refractivity contribution in [3.05, 3.63) is 35.4 Å². The first-order valence-electron chi connectivity index (χ1n) is 7.75. The lowest BCUT2D eigenvalue weighted by molar-refractivity contribution is -0.138. The first-order valence-corrected chi connectivity index (χ1v) is 7.75. The highest BCUT2D eigenvalue weighted by atomic mass is 19.2. The highest BCUT2D eigenvalue weighted by molar-refractivity contribution is 5.77. The summed E-state index contributed by atoms with van der Waals surface area (Å²) in [4.78, 5) is 13.9. The highest BCUT2D eigenvalue weighted by Gasteiger charge is 2.33. The van der Waals surface area contributed by atoms with Crippen LogP contribution in [0.15, 0.2) is 18.2 Å². The Balaban J connectivity index is 2.04. The van der Waals surface area contributed by atoms with Gasteiger partial charge in [-0.2, -0.15) is 0 Å². The smallest absolute Gasteiger partial charge is 0.225 e. The fraction of sp³-hybridized carbons (Fsp3) is 0.588. The second-order valence-corrected chi connectivity index (χ2v) is 6.32. The first kappa shape index (κ1) is 16.9. The monoisotopic (exact) mass is 311 g/mol. The number of carbonyl (C=O) groups excluding carboxylic acids is 1. The van der Waals surface area contributed by atoms with Gasteiger partial charge in [-0.25, -0.2) is 8.78 Å². The molecule has 1 aliphatic carbocycles. The maximum Gasteiger partial charge on any atom is 0.225 e. The standard InChI is InChI=1S/C17H23F2NO2/c1-12(13-6-7-14(18)15(19)10-13)20(2)16(21)11-17(22)8-4-3-5-9-17/h6-7,10,12,22H,3-5,8-9,11H2,1-2H3. The lowest BCUT2D eigenvalue weighted by atomic mass is 9.82. The highest BCUT2D eigenvalue weighted by Crippen LogP contribution is 2.32. The van der Waals surface area contributed by atoms with E-state index in [1.54, 1.807) is 14.0 Å². The van der Waals surface area contributed by atoms with Crippen molar-refractivity contribution in [3.63, 3.8) is 0 Å². The summed E-state index contributed by atoms with van der Waals surface area (Å²) in [6.45, 7) is 1.76. The number of nitrogens with zero attached hydrogens (tertiary/aromatic N) is 1. The van der Waals surface area contributed by atoms with E-state index >= 15 is 0 Å². The van der Waals surface area contributed by atoms with E-state index in [1.165, 1.54) is 11.0 Å². The number of hydrogen-bond acceptors (Lipinski definition) is 2. The van der Waals surface area contributed by atoms with Gasteiger partial charge in [-0.1, -0.05) is 25.3 Å². The van der Waals surface area contributed by atoms with Crippen LogP contribution in [0, 0.1) is 11.6 Å². The van der Waals surface area contributed by atoms with Gasteiger partial charge in [0.2, 0.25) is 5.91 Å². The van der Waals surface area contributed by atoms with E-state index in [4.69, 9.17) is 0 Å². The van der Waals surface area contributed by atoms with Crippen LogP contribution in [-0.4, -0.2) is 28.6 Å². The number of benzene rings is 1. The zero-order valence-corrected chi connectivity index (χ0v) is 13.1. The van der Waals surface area contributed by atoms with Crippen LogP contribution in [0.5, 0.6) is 0 Å². The third kappa shape index (κ3) is 3.83. The van der Waals surface area contributed by atoms with Gasteiger partial charge in [0.1, 0.15) is 0 Å². The van der Waals surface area contributed by atoms with Crippen molar-refractivity contribution in [1.82, 2.24) is 4.90 Å². The number of halogens is 2. The molecule has 1 atom stereocenters. The Morgan fingerprint density at radius 2 is 1.91 bits per heavy atom. The number of carbonyl (C=O) groups is 1. The molecule has 0 spiro atoms. The van der Waals surface area contributed by atoms with Crippen molar-refractivity contribution in [1.29, 1.82) is 0 Å². The first-order chi connectivity index (χ1) is 10.3. The Labute approximate surface area is 129 Å². The molecule has 1 aromatic rings. The number of amides is 1. The number of hydrogen-bond donors (Lipinski definition) is 1. The summed E-state index contributed by atoms with van der Waals surface area (Å²) in [5.74, 6) is -2.00. The Bertz CT molecular complexity index is 541. The summed E-state index contributed by atoms with van der Waals surface area (Å²) in [6, 6.07) is 3.27. The molecule has 5 heteroatoms. The Morgan fingerprint density at radius 1 is 1.27 bits per heavy atom. The van der Waals surface area contributed by atoms with E-state index < -0.39 is 17.2 Å². The molecule has 1 aliphatic rings. The van der Waals surface area contributed by atoms with Crippen LogP contribution < -0.4 is 0 Å². The molecule has 0 radical (unpaired) electrons. The molecule has 1 unspecified atom stereocenters. The van der Waals surface area contributed by atoms with Crippen LogP contribution >= 0.6 is 0 Å². The van der Waals surface area contributed by atoms with Gasteiger partial charge in [-0.15, -0.1) is 0 Å². The minimum absolute atomic E-state index is 0.0809. The molecule has 0 heterocycles. The van der Waals surface area contributed by atoms with Gasteiger partial charge in [0.05, 0.1) is 18.1 Å². The van der Waals surface area contributed by atoms with Crippen molar-refractivity contribution >= 4 is 5.91 Å². The molecule has 1 saturated carbocycles. The molecule has 22 heavy (non-hydrogen) atoms. The Morgan fingerprint density at radius 3 is 2.50 bits per heavy atom. The molecule has 1 amide bonds. The van der Waals surface area contributed by atoms with E-state index in [-0.39, 0.29) is 18.4 Å². The molecular weight excluding hydrogens is 288 g/mol. The van der Waals surface area contributed by atoms with Crippen LogP contribution in [0.3, 0.4) is 0 Å². The third-order valence-corrected chi connectivity index (χ3v) is 4.66. The van der Waals surface area contributed by atoms with Gasteiger partial charge in [0.25, 0.3) is 0 Å². The molecule has 0 bridgehead atoms. The lowest BCUT2D eigenvalue weighted by Crippen LogP contribution is -2.40. The van der Waals surface area contributed by atoms with Crippen LogP contribution in [0.2, 0.25) is 0 Å². The second kappa shape index (κ2) is 6.73. The summed E-state index contributed by atoms with van der Waals surface area (Å²) in [7, 11) is 1.63. The van der Waals surface area contributed by atoms with Crippen molar-refractivity contribution in [2.75, 3.05) is 7.05 Å². The summed E-state index contributed by atoms with van der Waals surface area (Å²) in [5, 5.41) is 10.5. The topological polar surface area (TPSA) is 40.5 Å². The molecule has 122 valence electrons. The van der Waals surface area contributed by atoms with E-state index in [2.05, 4.69) is 0 Å². The van der Waals surface area contributed by atoms with E-state index in [1.807, 2.05) is 0 Å². The zero-order chi connectivity index (χ0) is 16.3. The van der Waals surface area contributed by atoms with Crippen molar-refractivity contribution in [2.45, 2.75) is 57.1 Å². The molecule has 0 aliphatic heterocycles. The van der Waals surface area contributed by atoms with Crippen molar-refractivity contribution in [3.8, 4) is 0 Å². The van der Waals surface area contributed by atoms with Crippen LogP contribution in [0.25, 0.3) is 0 Å². The maximum absolute atomic E-state index is 13.3. The van der Waals surface area contributed by atoms with E-state index in [0.717, 1.165) is 31.4 Å². The SMILES string of the molecule is CC(c1ccc(F)c(F)c1)N(C)C(=O)CC1(O)CCCCC1. The normalized spacial score (nSPS) is 18.8. The van der Waals surface area contributed by atoms with E-state index in [9.17, 15) is 18.7 Å². The van der Waals surface area contributed by atoms with Gasteiger partial charge in [0, 0.05) is 7.05 Å². The molecule has 0 aromatic heterocycles. The molecule has 1 fully saturated rings. The largest absolute Gasteiger partial charge is 0.389 e. The third-order valence-electron chi connectivity index (χ3n) is 4.66. The lowest BCUT2D eigenvalue weighted by Gasteiger charge is -2.34. The van der Waals surface area contributed by atoms with Crippen molar-refractivity contribution < 1.29 is 18.7 Å². The zero-order valence-electron chi connectivity index (χ0n) is 13.1. The van der Waals surface area contributed by atoms with Gasteiger partial charge in [-0.05, 0) is 37.5 Å². The number of aliphatic hydroxyl groups is 1. The molecular formula is C17H23F2NO2. The van der Waals surface area contributed by atoms with Gasteiger partial charge in [0.15, 0.2) is 11.6 Å². The quantitative estimate of drug-likeness (QED) is 0.923. The minimum atomic E-state index is -0.920. The molecule has 3 nitrogen and oxygen atoms in total. The van der Waals surface area contributed by atoms with E-state index in [0.29, 0.717) is 18.4 Å².